The summed E-state index contributed by atoms with van der Waals surface area (Å²) in [6.45, 7) is 4.33. The normalized spacial score (nSPS) is 12.1. The molecule has 0 unspecified atom stereocenters. The fourth-order valence-corrected chi connectivity index (χ4v) is 7.86. The second-order valence-electron chi connectivity index (χ2n) is 13.0. The molecule has 52 heavy (non-hydrogen) atoms. The molecule has 0 saturated heterocycles. The highest BCUT2D eigenvalue weighted by Crippen LogP contribution is 2.41. The molecule has 3 aromatic heterocycles. The lowest BCUT2D eigenvalue weighted by Gasteiger charge is -2.26. The summed E-state index contributed by atoms with van der Waals surface area (Å²) in [7, 11) is 0. The quantitative estimate of drug-likeness (QED) is 0.0766. The van der Waals surface area contributed by atoms with E-state index in [0.717, 1.165) is 67.0 Å². The predicted molar refractivity (Wildman–Crippen MR) is 217 cm³/mol. The van der Waals surface area contributed by atoms with Gasteiger partial charge in [-0.15, -0.1) is 5.10 Å². The third-order valence-electron chi connectivity index (χ3n) is 10.1. The molecule has 0 aliphatic carbocycles. The molecule has 7 aromatic carbocycles. The van der Waals surface area contributed by atoms with E-state index in [9.17, 15) is 0 Å². The molecule has 10 aromatic rings. The Hall–Kier alpha value is -7.05. The third-order valence-corrected chi connectivity index (χ3v) is 10.1. The molecule has 0 amide bonds. The highest BCUT2D eigenvalue weighted by molar-refractivity contribution is 6.24. The average molecular weight is 669 g/mol. The zero-order valence-corrected chi connectivity index (χ0v) is 28.3. The van der Waals surface area contributed by atoms with Gasteiger partial charge in [-0.1, -0.05) is 127 Å². The van der Waals surface area contributed by atoms with Gasteiger partial charge in [-0.05, 0) is 53.4 Å². The summed E-state index contributed by atoms with van der Waals surface area (Å²) in [5, 5.41) is 14.5. The number of benzene rings is 7. The summed E-state index contributed by atoms with van der Waals surface area (Å²) in [5.41, 5.74) is 10.7. The summed E-state index contributed by atoms with van der Waals surface area (Å²) >= 11 is 0. The number of amidine groups is 1. The third kappa shape index (κ3) is 4.62. The SMILES string of the molecule is C=N/N=C(/c1ccccc1)N(Cc1ccccc1)c1ccc(-n2c3ccccc3c3ccc4c5ccccc5c5nc6ccccc6n5c4c32)cc1. The van der Waals surface area contributed by atoms with Crippen LogP contribution >= 0.6 is 0 Å². The summed E-state index contributed by atoms with van der Waals surface area (Å²) in [6, 6.07) is 59.8. The number of nitrogens with zero attached hydrogens (tertiary/aromatic N) is 6. The highest BCUT2D eigenvalue weighted by Gasteiger charge is 2.22. The van der Waals surface area contributed by atoms with Crippen LogP contribution in [-0.2, 0) is 6.54 Å². The van der Waals surface area contributed by atoms with E-state index in [-0.39, 0.29) is 0 Å². The Balaban J connectivity index is 1.24. The maximum absolute atomic E-state index is 5.20. The molecule has 0 saturated carbocycles. The van der Waals surface area contributed by atoms with Crippen molar-refractivity contribution < 1.29 is 0 Å². The van der Waals surface area contributed by atoms with Crippen LogP contribution in [0.3, 0.4) is 0 Å². The van der Waals surface area contributed by atoms with Gasteiger partial charge in [0.25, 0.3) is 0 Å². The van der Waals surface area contributed by atoms with Crippen LogP contribution in [0.25, 0.3) is 65.8 Å². The van der Waals surface area contributed by atoms with E-state index in [4.69, 9.17) is 4.98 Å². The van der Waals surface area contributed by atoms with Gasteiger partial charge in [0, 0.05) is 51.7 Å². The predicted octanol–water partition coefficient (Wildman–Crippen LogP) is 11.0. The minimum Gasteiger partial charge on any atom is -0.320 e. The Kier molecular flexibility index (Phi) is 6.93. The van der Waals surface area contributed by atoms with Crippen LogP contribution < -0.4 is 4.90 Å². The number of hydrogen-bond acceptors (Lipinski definition) is 3. The van der Waals surface area contributed by atoms with Crippen LogP contribution in [0.15, 0.2) is 180 Å². The second kappa shape index (κ2) is 12.1. The summed E-state index contributed by atoms with van der Waals surface area (Å²) in [5.74, 6) is 0.733. The van der Waals surface area contributed by atoms with Gasteiger partial charge >= 0.3 is 0 Å². The van der Waals surface area contributed by atoms with Crippen molar-refractivity contribution in [1.29, 1.82) is 0 Å². The molecule has 0 aliphatic heterocycles. The summed E-state index contributed by atoms with van der Waals surface area (Å²) < 4.78 is 4.78. The van der Waals surface area contributed by atoms with Gasteiger partial charge in [-0.3, -0.25) is 4.40 Å². The van der Waals surface area contributed by atoms with E-state index in [1.807, 2.05) is 24.3 Å². The minimum atomic E-state index is 0.613. The Morgan fingerprint density at radius 3 is 1.92 bits per heavy atom. The fourth-order valence-electron chi connectivity index (χ4n) is 7.86. The first kappa shape index (κ1) is 29.8. The van der Waals surface area contributed by atoms with Crippen LogP contribution in [0.2, 0.25) is 0 Å². The zero-order chi connectivity index (χ0) is 34.6. The summed E-state index contributed by atoms with van der Waals surface area (Å²) in [4.78, 5) is 7.41. The maximum atomic E-state index is 5.20. The molecule has 6 nitrogen and oxygen atoms in total. The molecule has 0 N–H and O–H groups in total. The number of hydrogen-bond donors (Lipinski definition) is 0. The van der Waals surface area contributed by atoms with Crippen molar-refractivity contribution in [2.45, 2.75) is 6.54 Å². The maximum Gasteiger partial charge on any atom is 0.163 e. The number of aromatic nitrogens is 3. The lowest BCUT2D eigenvalue weighted by molar-refractivity contribution is 0.991. The molecule has 3 heterocycles. The summed E-state index contributed by atoms with van der Waals surface area (Å²) in [6.07, 6.45) is 0. The van der Waals surface area contributed by atoms with Crippen LogP contribution in [0.5, 0.6) is 0 Å². The Morgan fingerprint density at radius 1 is 0.558 bits per heavy atom. The van der Waals surface area contributed by atoms with E-state index in [0.29, 0.717) is 6.54 Å². The van der Waals surface area contributed by atoms with Gasteiger partial charge < -0.3 is 9.47 Å². The van der Waals surface area contributed by atoms with Gasteiger partial charge in [0.1, 0.15) is 5.65 Å². The van der Waals surface area contributed by atoms with E-state index in [2.05, 4.69) is 176 Å². The van der Waals surface area contributed by atoms with Crippen LogP contribution in [0.4, 0.5) is 5.69 Å². The molecule has 246 valence electrons. The smallest absolute Gasteiger partial charge is 0.163 e. The molecule has 6 heteroatoms. The van der Waals surface area contributed by atoms with E-state index >= 15 is 0 Å². The van der Waals surface area contributed by atoms with Crippen molar-refractivity contribution in [3.05, 3.63) is 181 Å². The number of para-hydroxylation sites is 3. The number of pyridine rings is 1. The minimum absolute atomic E-state index is 0.613. The number of imidazole rings is 1. The van der Waals surface area contributed by atoms with Crippen molar-refractivity contribution >= 4 is 78.4 Å². The largest absolute Gasteiger partial charge is 0.320 e. The monoisotopic (exact) mass is 668 g/mol. The molecule has 10 rings (SSSR count). The molecule has 0 fully saturated rings. The van der Waals surface area contributed by atoms with Gasteiger partial charge in [-0.25, -0.2) is 4.98 Å². The van der Waals surface area contributed by atoms with E-state index in [1.54, 1.807) is 0 Å². The van der Waals surface area contributed by atoms with Crippen molar-refractivity contribution in [2.24, 2.45) is 10.2 Å². The fraction of sp³-hybridized carbons (Fsp3) is 0.0217. The van der Waals surface area contributed by atoms with Crippen molar-refractivity contribution in [1.82, 2.24) is 14.0 Å². The Labute approximate surface area is 299 Å². The molecule has 0 spiro atoms. The topological polar surface area (TPSA) is 50.2 Å². The standard InChI is InChI=1S/C46H32N6/c1-47-49-45(32-16-6-3-7-17-32)50(30-31-14-4-2-5-15-31)33-24-26-34(27-25-33)51-41-22-12-10-19-36(41)38-29-28-37-35-18-8-9-20-39(35)46-48-40-21-11-13-23-42(40)52(46)44(37)43(38)51/h2-29H,1,30H2/b49-45-. The molecule has 0 radical (unpaired) electrons. The van der Waals surface area contributed by atoms with Gasteiger partial charge in [0.2, 0.25) is 0 Å². The van der Waals surface area contributed by atoms with E-state index < -0.39 is 0 Å². The van der Waals surface area contributed by atoms with Crippen molar-refractivity contribution in [3.8, 4) is 5.69 Å². The number of fused-ring (bicyclic) bond motifs is 12. The first-order valence-corrected chi connectivity index (χ1v) is 17.4. The van der Waals surface area contributed by atoms with Crippen LogP contribution in [0, 0.1) is 0 Å². The lowest BCUT2D eigenvalue weighted by atomic mass is 10.0. The van der Waals surface area contributed by atoms with Crippen molar-refractivity contribution in [3.63, 3.8) is 0 Å². The highest BCUT2D eigenvalue weighted by atomic mass is 15.3. The molecular formula is C46H32N6. The van der Waals surface area contributed by atoms with Crippen LogP contribution in [-0.4, -0.2) is 26.5 Å². The Morgan fingerprint density at radius 2 is 1.17 bits per heavy atom. The van der Waals surface area contributed by atoms with Crippen LogP contribution in [0.1, 0.15) is 11.1 Å². The first-order valence-electron chi connectivity index (χ1n) is 17.4. The van der Waals surface area contributed by atoms with Gasteiger partial charge in [0.05, 0.1) is 27.6 Å². The van der Waals surface area contributed by atoms with Crippen molar-refractivity contribution in [2.75, 3.05) is 4.90 Å². The number of anilines is 1. The van der Waals surface area contributed by atoms with Gasteiger partial charge in [-0.2, -0.15) is 5.10 Å². The average Bonchev–Trinajstić information content (AvgIpc) is 3.77. The Bertz CT molecular complexity index is 2990. The lowest BCUT2D eigenvalue weighted by Crippen LogP contribution is -2.31. The molecule has 0 aliphatic rings. The zero-order valence-electron chi connectivity index (χ0n) is 28.3. The molecule has 0 bridgehead atoms. The van der Waals surface area contributed by atoms with E-state index in [1.165, 1.54) is 21.5 Å². The number of rotatable bonds is 6. The first-order chi connectivity index (χ1) is 25.8. The van der Waals surface area contributed by atoms with Gasteiger partial charge in [0.15, 0.2) is 5.84 Å². The molecular weight excluding hydrogens is 637 g/mol. The second-order valence-corrected chi connectivity index (χ2v) is 13.0. The molecule has 0 atom stereocenters.